The Morgan fingerprint density at radius 3 is 2.40 bits per heavy atom. The molecular formula is C17H27N3. The molecule has 2 fully saturated rings. The molecule has 1 saturated carbocycles. The smallest absolute Gasteiger partial charge is 0.0670 e. The SMILES string of the molecule is CC(N)C(c1ccccn1)N1CCC2(CCCC2)CC1. The van der Waals surface area contributed by atoms with Gasteiger partial charge < -0.3 is 5.73 Å². The van der Waals surface area contributed by atoms with E-state index in [1.807, 2.05) is 12.3 Å². The zero-order chi connectivity index (χ0) is 14.0. The molecule has 1 spiro atoms. The topological polar surface area (TPSA) is 42.1 Å². The summed E-state index contributed by atoms with van der Waals surface area (Å²) < 4.78 is 0. The predicted octanol–water partition coefficient (Wildman–Crippen LogP) is 3.13. The van der Waals surface area contributed by atoms with Crippen molar-refractivity contribution >= 4 is 0 Å². The number of hydrogen-bond acceptors (Lipinski definition) is 3. The summed E-state index contributed by atoms with van der Waals surface area (Å²) >= 11 is 0. The Bertz CT molecular complexity index is 413. The van der Waals surface area contributed by atoms with E-state index in [4.69, 9.17) is 5.73 Å². The lowest BCUT2D eigenvalue weighted by molar-refractivity contribution is 0.0662. The predicted molar refractivity (Wildman–Crippen MR) is 82.3 cm³/mol. The fourth-order valence-corrected chi connectivity index (χ4v) is 4.24. The van der Waals surface area contributed by atoms with E-state index in [1.165, 1.54) is 51.6 Å². The number of likely N-dealkylation sites (tertiary alicyclic amines) is 1. The van der Waals surface area contributed by atoms with E-state index in [-0.39, 0.29) is 12.1 Å². The van der Waals surface area contributed by atoms with Crippen LogP contribution in [0, 0.1) is 5.41 Å². The second-order valence-electron chi connectivity index (χ2n) is 6.80. The number of pyridine rings is 1. The van der Waals surface area contributed by atoms with Gasteiger partial charge in [-0.1, -0.05) is 18.9 Å². The Balaban J connectivity index is 1.71. The Kier molecular flexibility index (Phi) is 4.08. The fraction of sp³-hybridized carbons (Fsp3) is 0.706. The largest absolute Gasteiger partial charge is 0.326 e. The molecule has 0 amide bonds. The zero-order valence-corrected chi connectivity index (χ0v) is 12.6. The van der Waals surface area contributed by atoms with E-state index in [0.29, 0.717) is 5.41 Å². The van der Waals surface area contributed by atoms with Crippen LogP contribution in [0.5, 0.6) is 0 Å². The molecule has 3 rings (SSSR count). The van der Waals surface area contributed by atoms with Crippen molar-refractivity contribution in [2.75, 3.05) is 13.1 Å². The first-order valence-electron chi connectivity index (χ1n) is 8.11. The van der Waals surface area contributed by atoms with Gasteiger partial charge in [0.1, 0.15) is 0 Å². The maximum absolute atomic E-state index is 6.26. The number of piperidine rings is 1. The van der Waals surface area contributed by atoms with Crippen molar-refractivity contribution in [1.29, 1.82) is 0 Å². The molecule has 3 heteroatoms. The minimum absolute atomic E-state index is 0.127. The van der Waals surface area contributed by atoms with Crippen LogP contribution < -0.4 is 5.73 Å². The second-order valence-corrected chi connectivity index (χ2v) is 6.80. The molecule has 2 unspecified atom stereocenters. The van der Waals surface area contributed by atoms with Crippen LogP contribution in [0.15, 0.2) is 24.4 Å². The summed E-state index contributed by atoms with van der Waals surface area (Å²) in [7, 11) is 0. The van der Waals surface area contributed by atoms with Gasteiger partial charge in [0, 0.05) is 12.2 Å². The third-order valence-corrected chi connectivity index (χ3v) is 5.41. The van der Waals surface area contributed by atoms with E-state index in [0.717, 1.165) is 5.69 Å². The van der Waals surface area contributed by atoms with Gasteiger partial charge in [0.15, 0.2) is 0 Å². The highest BCUT2D eigenvalue weighted by Crippen LogP contribution is 2.47. The molecule has 2 heterocycles. The lowest BCUT2D eigenvalue weighted by atomic mass is 9.76. The molecule has 3 nitrogen and oxygen atoms in total. The molecule has 1 aliphatic heterocycles. The van der Waals surface area contributed by atoms with Crippen LogP contribution in [-0.4, -0.2) is 29.0 Å². The van der Waals surface area contributed by atoms with Gasteiger partial charge in [-0.3, -0.25) is 9.88 Å². The normalized spacial score (nSPS) is 25.7. The minimum atomic E-state index is 0.127. The Morgan fingerprint density at radius 1 is 1.15 bits per heavy atom. The summed E-state index contributed by atoms with van der Waals surface area (Å²) in [5.74, 6) is 0. The third-order valence-electron chi connectivity index (χ3n) is 5.41. The van der Waals surface area contributed by atoms with Gasteiger partial charge in [-0.2, -0.15) is 0 Å². The average Bonchev–Trinajstić information content (AvgIpc) is 2.91. The zero-order valence-electron chi connectivity index (χ0n) is 12.6. The van der Waals surface area contributed by atoms with Crippen molar-refractivity contribution in [1.82, 2.24) is 9.88 Å². The van der Waals surface area contributed by atoms with Crippen molar-refractivity contribution in [3.05, 3.63) is 30.1 Å². The van der Waals surface area contributed by atoms with Gasteiger partial charge >= 0.3 is 0 Å². The van der Waals surface area contributed by atoms with Crippen LogP contribution >= 0.6 is 0 Å². The van der Waals surface area contributed by atoms with Gasteiger partial charge in [-0.25, -0.2) is 0 Å². The highest BCUT2D eigenvalue weighted by atomic mass is 15.2. The third kappa shape index (κ3) is 2.75. The Hall–Kier alpha value is -0.930. The van der Waals surface area contributed by atoms with E-state index >= 15 is 0 Å². The minimum Gasteiger partial charge on any atom is -0.326 e. The molecule has 0 aromatic carbocycles. The van der Waals surface area contributed by atoms with Crippen LogP contribution in [-0.2, 0) is 0 Å². The van der Waals surface area contributed by atoms with E-state index in [9.17, 15) is 0 Å². The van der Waals surface area contributed by atoms with E-state index in [1.54, 1.807) is 0 Å². The molecule has 1 aromatic rings. The fourth-order valence-electron chi connectivity index (χ4n) is 4.24. The highest BCUT2D eigenvalue weighted by molar-refractivity contribution is 5.11. The summed E-state index contributed by atoms with van der Waals surface area (Å²) in [6, 6.07) is 6.57. The van der Waals surface area contributed by atoms with Crippen molar-refractivity contribution in [2.24, 2.45) is 11.1 Å². The maximum Gasteiger partial charge on any atom is 0.0670 e. The quantitative estimate of drug-likeness (QED) is 0.920. The standard InChI is InChI=1S/C17H27N3/c1-14(18)16(15-6-2-5-11-19-15)20-12-9-17(10-13-20)7-3-4-8-17/h2,5-6,11,14,16H,3-4,7-10,12-13,18H2,1H3. The highest BCUT2D eigenvalue weighted by Gasteiger charge is 2.39. The summed E-state index contributed by atoms with van der Waals surface area (Å²) in [5, 5.41) is 0. The molecule has 1 aliphatic carbocycles. The van der Waals surface area contributed by atoms with Crippen LogP contribution in [0.2, 0.25) is 0 Å². The van der Waals surface area contributed by atoms with Crippen LogP contribution in [0.4, 0.5) is 0 Å². The van der Waals surface area contributed by atoms with Gasteiger partial charge in [0.2, 0.25) is 0 Å². The van der Waals surface area contributed by atoms with Crippen LogP contribution in [0.25, 0.3) is 0 Å². The van der Waals surface area contributed by atoms with E-state index in [2.05, 4.69) is 28.9 Å². The molecule has 2 aliphatic rings. The first-order chi connectivity index (χ1) is 9.70. The first-order valence-corrected chi connectivity index (χ1v) is 8.11. The number of nitrogens with zero attached hydrogens (tertiary/aromatic N) is 2. The monoisotopic (exact) mass is 273 g/mol. The van der Waals surface area contributed by atoms with Crippen LogP contribution in [0.3, 0.4) is 0 Å². The van der Waals surface area contributed by atoms with Crippen molar-refractivity contribution in [3.63, 3.8) is 0 Å². The molecule has 110 valence electrons. The van der Waals surface area contributed by atoms with Crippen LogP contribution in [0.1, 0.15) is 57.2 Å². The molecule has 1 aromatic heterocycles. The molecule has 20 heavy (non-hydrogen) atoms. The van der Waals surface area contributed by atoms with Gasteiger partial charge in [-0.05, 0) is 63.2 Å². The van der Waals surface area contributed by atoms with E-state index < -0.39 is 0 Å². The Labute approximate surface area is 122 Å². The number of hydrogen-bond donors (Lipinski definition) is 1. The summed E-state index contributed by atoms with van der Waals surface area (Å²) in [6.45, 7) is 4.48. The molecule has 2 atom stereocenters. The van der Waals surface area contributed by atoms with Crippen molar-refractivity contribution < 1.29 is 0 Å². The Morgan fingerprint density at radius 2 is 1.85 bits per heavy atom. The number of rotatable bonds is 3. The van der Waals surface area contributed by atoms with Gasteiger partial charge in [0.25, 0.3) is 0 Å². The first kappa shape index (κ1) is 14.0. The number of nitrogens with two attached hydrogens (primary N) is 1. The number of aromatic nitrogens is 1. The molecule has 2 N–H and O–H groups in total. The molecule has 1 saturated heterocycles. The van der Waals surface area contributed by atoms with Gasteiger partial charge in [0.05, 0.1) is 11.7 Å². The molecular weight excluding hydrogens is 246 g/mol. The maximum atomic E-state index is 6.26. The lowest BCUT2D eigenvalue weighted by Gasteiger charge is -2.43. The second kappa shape index (κ2) is 5.82. The molecule has 0 bridgehead atoms. The average molecular weight is 273 g/mol. The summed E-state index contributed by atoms with van der Waals surface area (Å²) in [5.41, 5.74) is 8.06. The molecule has 0 radical (unpaired) electrons. The van der Waals surface area contributed by atoms with Crippen molar-refractivity contribution in [2.45, 2.75) is 57.5 Å². The van der Waals surface area contributed by atoms with Crippen molar-refractivity contribution in [3.8, 4) is 0 Å². The summed E-state index contributed by atoms with van der Waals surface area (Å²) in [6.07, 6.45) is 10.4. The summed E-state index contributed by atoms with van der Waals surface area (Å²) in [4.78, 5) is 7.11. The van der Waals surface area contributed by atoms with Gasteiger partial charge in [-0.15, -0.1) is 0 Å². The lowest BCUT2D eigenvalue weighted by Crippen LogP contribution is -2.46.